The normalized spacial score (nSPS) is 13.1. The van der Waals surface area contributed by atoms with E-state index in [2.05, 4.69) is 16.0 Å². The van der Waals surface area contributed by atoms with Gasteiger partial charge in [-0.15, -0.1) is 0 Å². The molecule has 2 rings (SSSR count). The van der Waals surface area contributed by atoms with E-state index in [1.165, 1.54) is 13.8 Å². The molecule has 0 aliphatic rings. The molecule has 4 amide bonds. The molecule has 2 aromatic rings. The molecule has 7 N–H and O–H groups in total. The van der Waals surface area contributed by atoms with Gasteiger partial charge >= 0.3 is 0 Å². The van der Waals surface area contributed by atoms with Crippen LogP contribution in [-0.4, -0.2) is 42.3 Å². The van der Waals surface area contributed by atoms with Gasteiger partial charge < -0.3 is 32.2 Å². The smallest absolute Gasteiger partial charge is 0.244 e. The summed E-state index contributed by atoms with van der Waals surface area (Å²) in [6.07, 6.45) is 2.66. The van der Waals surface area contributed by atoms with Crippen molar-refractivity contribution < 1.29 is 23.9 Å². The lowest BCUT2D eigenvalue weighted by molar-refractivity contribution is -0.132. The number of primary amides is 1. The molecule has 0 aliphatic carbocycles. The molecule has 0 radical (unpaired) electrons. The highest BCUT2D eigenvalue weighted by Crippen LogP contribution is 2.19. The molecule has 0 fully saturated rings. The summed E-state index contributed by atoms with van der Waals surface area (Å²) in [5.41, 5.74) is 12.5. The van der Waals surface area contributed by atoms with E-state index in [0.29, 0.717) is 37.3 Å². The van der Waals surface area contributed by atoms with Gasteiger partial charge in [0.2, 0.25) is 23.6 Å². The van der Waals surface area contributed by atoms with E-state index >= 15 is 0 Å². The van der Waals surface area contributed by atoms with Crippen molar-refractivity contribution in [2.75, 3.05) is 6.54 Å². The molecule has 10 heteroatoms. The molecule has 3 atom stereocenters. The molecule has 0 aromatic heterocycles. The first-order valence-electron chi connectivity index (χ1n) is 12.4. The first kappa shape index (κ1) is 29.3. The van der Waals surface area contributed by atoms with Crippen LogP contribution < -0.4 is 32.2 Å². The summed E-state index contributed by atoms with van der Waals surface area (Å²) in [6, 6.07) is 13.4. The maximum Gasteiger partial charge on any atom is 0.244 e. The monoisotopic (exact) mass is 511 g/mol. The Morgan fingerprint density at radius 1 is 0.811 bits per heavy atom. The third-order valence-electron chi connectivity index (χ3n) is 5.66. The molecule has 0 saturated carbocycles. The summed E-state index contributed by atoms with van der Waals surface area (Å²) in [5, 5.41) is 7.72. The topological polar surface area (TPSA) is 166 Å². The second-order valence-corrected chi connectivity index (χ2v) is 8.81. The first-order chi connectivity index (χ1) is 17.7. The van der Waals surface area contributed by atoms with E-state index in [0.717, 1.165) is 18.4 Å². The summed E-state index contributed by atoms with van der Waals surface area (Å²) in [4.78, 5) is 49.2. The Labute approximate surface area is 217 Å². The lowest BCUT2D eigenvalue weighted by Crippen LogP contribution is -2.52. The molecule has 0 saturated heterocycles. The lowest BCUT2D eigenvalue weighted by Gasteiger charge is -2.21. The first-order valence-corrected chi connectivity index (χ1v) is 12.4. The van der Waals surface area contributed by atoms with Gasteiger partial charge in [0.25, 0.3) is 0 Å². The van der Waals surface area contributed by atoms with Crippen molar-refractivity contribution >= 4 is 23.6 Å². The largest absolute Gasteiger partial charge is 0.489 e. The summed E-state index contributed by atoms with van der Waals surface area (Å²) in [6.45, 7) is 3.98. The van der Waals surface area contributed by atoms with E-state index in [9.17, 15) is 19.2 Å². The number of unbranched alkanes of at least 4 members (excludes halogenated alkanes) is 2. The molecule has 0 heterocycles. The SMILES string of the molecule is C[C@H](NC(=O)CCCCCN)C(=O)N[C@@H](C)C(=O)N[C@H](C(N)=O)c1ccc(OCc2ccccc2)cc1. The number of nitrogens with two attached hydrogens (primary N) is 2. The van der Waals surface area contributed by atoms with Crippen LogP contribution in [0.3, 0.4) is 0 Å². The lowest BCUT2D eigenvalue weighted by atomic mass is 10.1. The fraction of sp³-hybridized carbons (Fsp3) is 0.407. The van der Waals surface area contributed by atoms with Crippen LogP contribution in [0.2, 0.25) is 0 Å². The fourth-order valence-electron chi connectivity index (χ4n) is 3.47. The number of benzene rings is 2. The summed E-state index contributed by atoms with van der Waals surface area (Å²) in [7, 11) is 0. The van der Waals surface area contributed by atoms with E-state index in [1.807, 2.05) is 30.3 Å². The molecular formula is C27H37N5O5. The molecule has 0 bridgehead atoms. The summed E-state index contributed by atoms with van der Waals surface area (Å²) >= 11 is 0. The molecule has 2 aromatic carbocycles. The highest BCUT2D eigenvalue weighted by atomic mass is 16.5. The average molecular weight is 512 g/mol. The van der Waals surface area contributed by atoms with Crippen LogP contribution in [0.5, 0.6) is 5.75 Å². The number of nitrogens with one attached hydrogen (secondary N) is 3. The Kier molecular flexibility index (Phi) is 12.1. The van der Waals surface area contributed by atoms with Gasteiger partial charge in [-0.25, -0.2) is 0 Å². The minimum Gasteiger partial charge on any atom is -0.489 e. The minimum atomic E-state index is -1.10. The van der Waals surface area contributed by atoms with Crippen molar-refractivity contribution in [3.8, 4) is 5.75 Å². The molecule has 10 nitrogen and oxygen atoms in total. The number of carbonyl (C=O) groups is 4. The van der Waals surface area contributed by atoms with Crippen LogP contribution in [0.1, 0.15) is 56.7 Å². The second-order valence-electron chi connectivity index (χ2n) is 8.81. The Hall–Kier alpha value is -3.92. The number of hydrogen-bond acceptors (Lipinski definition) is 6. The Balaban J connectivity index is 1.87. The minimum absolute atomic E-state index is 0.248. The van der Waals surface area contributed by atoms with Crippen LogP contribution in [0.4, 0.5) is 0 Å². The summed E-state index contributed by atoms with van der Waals surface area (Å²) in [5.74, 6) is -1.52. The predicted octanol–water partition coefficient (Wildman–Crippen LogP) is 1.44. The Bertz CT molecular complexity index is 1030. The standard InChI is InChI=1S/C27H37N5O5/c1-18(30-23(33)11-7-4-8-16-28)26(35)31-19(2)27(36)32-24(25(29)34)21-12-14-22(15-13-21)37-17-20-9-5-3-6-10-20/h3,5-6,9-10,12-15,18-19,24H,4,7-8,11,16-17,28H2,1-2H3,(H2,29,34)(H,30,33)(H,31,35)(H,32,36)/t18-,19-,24-/m0/s1. The van der Waals surface area contributed by atoms with Crippen LogP contribution >= 0.6 is 0 Å². The average Bonchev–Trinajstić information content (AvgIpc) is 2.89. The zero-order valence-corrected chi connectivity index (χ0v) is 21.4. The highest BCUT2D eigenvalue weighted by molar-refractivity contribution is 5.93. The van der Waals surface area contributed by atoms with Crippen LogP contribution in [-0.2, 0) is 25.8 Å². The highest BCUT2D eigenvalue weighted by Gasteiger charge is 2.25. The molecule has 200 valence electrons. The van der Waals surface area contributed by atoms with Gasteiger partial charge in [0.15, 0.2) is 0 Å². The number of amides is 4. The zero-order valence-electron chi connectivity index (χ0n) is 21.4. The number of rotatable bonds is 15. The van der Waals surface area contributed by atoms with Crippen molar-refractivity contribution in [2.45, 2.75) is 64.3 Å². The van der Waals surface area contributed by atoms with Gasteiger partial charge in [-0.05, 0) is 56.5 Å². The fourth-order valence-corrected chi connectivity index (χ4v) is 3.47. The van der Waals surface area contributed by atoms with Gasteiger partial charge in [0, 0.05) is 6.42 Å². The van der Waals surface area contributed by atoms with E-state index < -0.39 is 35.8 Å². The summed E-state index contributed by atoms with van der Waals surface area (Å²) < 4.78 is 5.75. The molecule has 0 aliphatic heterocycles. The van der Waals surface area contributed by atoms with Crippen molar-refractivity contribution in [2.24, 2.45) is 11.5 Å². The van der Waals surface area contributed by atoms with Crippen LogP contribution in [0.25, 0.3) is 0 Å². The molecule has 0 spiro atoms. The van der Waals surface area contributed by atoms with Crippen LogP contribution in [0.15, 0.2) is 54.6 Å². The quantitative estimate of drug-likeness (QED) is 0.227. The van der Waals surface area contributed by atoms with Crippen molar-refractivity contribution in [1.29, 1.82) is 0 Å². The predicted molar refractivity (Wildman–Crippen MR) is 140 cm³/mol. The Morgan fingerprint density at radius 2 is 1.43 bits per heavy atom. The van der Waals surface area contributed by atoms with Gasteiger partial charge in [-0.1, -0.05) is 48.9 Å². The maximum absolute atomic E-state index is 12.7. The second kappa shape index (κ2) is 15.2. The third-order valence-corrected chi connectivity index (χ3v) is 5.66. The molecule has 0 unspecified atom stereocenters. The zero-order chi connectivity index (χ0) is 27.2. The van der Waals surface area contributed by atoms with Crippen molar-refractivity contribution in [3.63, 3.8) is 0 Å². The van der Waals surface area contributed by atoms with Gasteiger partial charge in [-0.3, -0.25) is 19.2 Å². The Morgan fingerprint density at radius 3 is 2.05 bits per heavy atom. The van der Waals surface area contributed by atoms with Gasteiger partial charge in [-0.2, -0.15) is 0 Å². The van der Waals surface area contributed by atoms with Crippen molar-refractivity contribution in [1.82, 2.24) is 16.0 Å². The maximum atomic E-state index is 12.7. The van der Waals surface area contributed by atoms with Gasteiger partial charge in [0.1, 0.15) is 30.5 Å². The third kappa shape index (κ3) is 10.3. The van der Waals surface area contributed by atoms with Crippen LogP contribution in [0, 0.1) is 0 Å². The molecule has 37 heavy (non-hydrogen) atoms. The number of carbonyl (C=O) groups excluding carboxylic acids is 4. The van der Waals surface area contributed by atoms with E-state index in [1.54, 1.807) is 24.3 Å². The van der Waals surface area contributed by atoms with Crippen molar-refractivity contribution in [3.05, 3.63) is 65.7 Å². The van der Waals surface area contributed by atoms with E-state index in [4.69, 9.17) is 16.2 Å². The number of hydrogen-bond donors (Lipinski definition) is 5. The number of ether oxygens (including phenoxy) is 1. The van der Waals surface area contributed by atoms with E-state index in [-0.39, 0.29) is 5.91 Å². The van der Waals surface area contributed by atoms with Gasteiger partial charge in [0.05, 0.1) is 0 Å². The molecular weight excluding hydrogens is 474 g/mol.